The van der Waals surface area contributed by atoms with E-state index in [1.54, 1.807) is 4.68 Å². The number of aliphatic hydroxyl groups is 1. The van der Waals surface area contributed by atoms with Crippen LogP contribution >= 0.6 is 0 Å². The number of aryl methyl sites for hydroxylation is 1. The van der Waals surface area contributed by atoms with E-state index in [0.717, 1.165) is 23.4 Å². The number of benzene rings is 2. The van der Waals surface area contributed by atoms with Gasteiger partial charge >= 0.3 is 0 Å². The Morgan fingerprint density at radius 3 is 2.39 bits per heavy atom. The quantitative estimate of drug-likeness (QED) is 0.754. The number of nitrogens with zero attached hydrogens (tertiary/aromatic N) is 3. The van der Waals surface area contributed by atoms with E-state index in [-0.39, 0.29) is 6.61 Å². The minimum absolute atomic E-state index is 0.126. The van der Waals surface area contributed by atoms with Crippen LogP contribution in [0.1, 0.15) is 31.0 Å². The molecule has 0 aliphatic carbocycles. The van der Waals surface area contributed by atoms with E-state index in [1.807, 2.05) is 30.3 Å². The normalized spacial score (nSPS) is 10.9. The molecular weight excluding hydrogens is 286 g/mol. The standard InChI is InChI=1S/C19H21N3O/c1-2-3-7-15-10-12-17(13-11-15)22-19(18(14-23)20-21-22)16-8-5-4-6-9-16/h4-6,8-13,23H,2-3,7,14H2,1H3. The first-order valence-corrected chi connectivity index (χ1v) is 8.03. The van der Waals surface area contributed by atoms with Crippen LogP contribution in [-0.4, -0.2) is 20.1 Å². The van der Waals surface area contributed by atoms with Crippen molar-refractivity contribution < 1.29 is 5.11 Å². The Morgan fingerprint density at radius 2 is 1.74 bits per heavy atom. The van der Waals surface area contributed by atoms with Crippen LogP contribution in [0.2, 0.25) is 0 Å². The highest BCUT2D eigenvalue weighted by atomic mass is 16.3. The summed E-state index contributed by atoms with van der Waals surface area (Å²) in [5.41, 5.74) is 4.72. The second kappa shape index (κ2) is 7.20. The van der Waals surface area contributed by atoms with Crippen LogP contribution in [0, 0.1) is 0 Å². The maximum Gasteiger partial charge on any atom is 0.117 e. The molecule has 0 aliphatic rings. The molecule has 1 N–H and O–H groups in total. The maximum atomic E-state index is 9.57. The van der Waals surface area contributed by atoms with Gasteiger partial charge in [-0.15, -0.1) is 5.10 Å². The van der Waals surface area contributed by atoms with E-state index >= 15 is 0 Å². The molecule has 4 heteroatoms. The number of unbranched alkanes of at least 4 members (excludes halogenated alkanes) is 1. The van der Waals surface area contributed by atoms with E-state index in [4.69, 9.17) is 0 Å². The average molecular weight is 307 g/mol. The van der Waals surface area contributed by atoms with Crippen molar-refractivity contribution in [3.63, 3.8) is 0 Å². The number of hydrogen-bond acceptors (Lipinski definition) is 3. The summed E-state index contributed by atoms with van der Waals surface area (Å²) in [6.07, 6.45) is 3.50. The first kappa shape index (κ1) is 15.4. The molecule has 0 saturated carbocycles. The van der Waals surface area contributed by atoms with Gasteiger partial charge in [-0.1, -0.05) is 61.0 Å². The van der Waals surface area contributed by atoms with Crippen LogP contribution in [0.3, 0.4) is 0 Å². The van der Waals surface area contributed by atoms with E-state index in [0.29, 0.717) is 5.69 Å². The molecule has 0 amide bonds. The van der Waals surface area contributed by atoms with Crippen molar-refractivity contribution in [3.05, 3.63) is 65.9 Å². The number of rotatable bonds is 6. The van der Waals surface area contributed by atoms with Gasteiger partial charge < -0.3 is 5.11 Å². The fraction of sp³-hybridized carbons (Fsp3) is 0.263. The number of aromatic nitrogens is 3. The van der Waals surface area contributed by atoms with Crippen LogP contribution in [0.15, 0.2) is 54.6 Å². The third-order valence-electron chi connectivity index (χ3n) is 3.94. The lowest BCUT2D eigenvalue weighted by Crippen LogP contribution is -2.00. The molecule has 3 aromatic rings. The van der Waals surface area contributed by atoms with E-state index in [2.05, 4.69) is 41.5 Å². The monoisotopic (exact) mass is 307 g/mol. The molecule has 2 aromatic carbocycles. The molecule has 23 heavy (non-hydrogen) atoms. The van der Waals surface area contributed by atoms with E-state index in [1.165, 1.54) is 18.4 Å². The van der Waals surface area contributed by atoms with Gasteiger partial charge in [0.2, 0.25) is 0 Å². The third-order valence-corrected chi connectivity index (χ3v) is 3.94. The Bertz CT molecular complexity index is 748. The highest BCUT2D eigenvalue weighted by Crippen LogP contribution is 2.25. The van der Waals surface area contributed by atoms with Gasteiger partial charge in [0, 0.05) is 5.56 Å². The van der Waals surface area contributed by atoms with Crippen molar-refractivity contribution in [2.75, 3.05) is 0 Å². The average Bonchev–Trinajstić information content (AvgIpc) is 3.05. The van der Waals surface area contributed by atoms with Crippen molar-refractivity contribution >= 4 is 0 Å². The lowest BCUT2D eigenvalue weighted by atomic mass is 10.1. The molecule has 0 spiro atoms. The molecular formula is C19H21N3O. The van der Waals surface area contributed by atoms with Crippen LogP contribution in [-0.2, 0) is 13.0 Å². The van der Waals surface area contributed by atoms with Crippen molar-refractivity contribution in [1.29, 1.82) is 0 Å². The maximum absolute atomic E-state index is 9.57. The molecule has 0 bridgehead atoms. The fourth-order valence-electron chi connectivity index (χ4n) is 2.67. The van der Waals surface area contributed by atoms with Gasteiger partial charge in [0.15, 0.2) is 0 Å². The highest BCUT2D eigenvalue weighted by molar-refractivity contribution is 5.64. The molecule has 4 nitrogen and oxygen atoms in total. The molecule has 1 aromatic heterocycles. The van der Waals surface area contributed by atoms with Crippen LogP contribution in [0.5, 0.6) is 0 Å². The lowest BCUT2D eigenvalue weighted by molar-refractivity contribution is 0.277. The van der Waals surface area contributed by atoms with Gasteiger partial charge in [-0.2, -0.15) is 0 Å². The smallest absolute Gasteiger partial charge is 0.117 e. The molecule has 0 aliphatic heterocycles. The summed E-state index contributed by atoms with van der Waals surface area (Å²) in [6.45, 7) is 2.07. The molecule has 118 valence electrons. The predicted octanol–water partition coefficient (Wildman–Crippen LogP) is 3.77. The SMILES string of the molecule is CCCCc1ccc(-n2nnc(CO)c2-c2ccccc2)cc1. The minimum Gasteiger partial charge on any atom is -0.390 e. The summed E-state index contributed by atoms with van der Waals surface area (Å²) < 4.78 is 1.80. The summed E-state index contributed by atoms with van der Waals surface area (Å²) >= 11 is 0. The van der Waals surface area contributed by atoms with Crippen LogP contribution < -0.4 is 0 Å². The Labute approximate surface area is 136 Å². The van der Waals surface area contributed by atoms with Gasteiger partial charge in [-0.25, -0.2) is 4.68 Å². The summed E-state index contributed by atoms with van der Waals surface area (Å²) in [5.74, 6) is 0. The van der Waals surface area contributed by atoms with Crippen molar-refractivity contribution in [2.45, 2.75) is 32.8 Å². The largest absolute Gasteiger partial charge is 0.390 e. The summed E-state index contributed by atoms with van der Waals surface area (Å²) in [7, 11) is 0. The van der Waals surface area contributed by atoms with Gasteiger partial charge in [-0.3, -0.25) is 0 Å². The molecule has 0 unspecified atom stereocenters. The third kappa shape index (κ3) is 3.32. The zero-order chi connectivity index (χ0) is 16.1. The van der Waals surface area contributed by atoms with Gasteiger partial charge in [0.05, 0.1) is 12.3 Å². The van der Waals surface area contributed by atoms with E-state index in [9.17, 15) is 5.11 Å². The second-order valence-corrected chi connectivity index (χ2v) is 5.59. The Hall–Kier alpha value is -2.46. The Morgan fingerprint density at radius 1 is 1.00 bits per heavy atom. The topological polar surface area (TPSA) is 50.9 Å². The molecule has 3 rings (SSSR count). The summed E-state index contributed by atoms with van der Waals surface area (Å²) in [6, 6.07) is 18.3. The van der Waals surface area contributed by atoms with Gasteiger partial charge in [0.1, 0.15) is 11.4 Å². The number of aliphatic hydroxyl groups excluding tert-OH is 1. The molecule has 0 saturated heterocycles. The zero-order valence-electron chi connectivity index (χ0n) is 13.3. The van der Waals surface area contributed by atoms with Gasteiger partial charge in [-0.05, 0) is 30.5 Å². The van der Waals surface area contributed by atoms with Crippen LogP contribution in [0.4, 0.5) is 0 Å². The highest BCUT2D eigenvalue weighted by Gasteiger charge is 2.15. The molecule has 0 atom stereocenters. The first-order valence-electron chi connectivity index (χ1n) is 8.03. The minimum atomic E-state index is -0.126. The first-order chi connectivity index (χ1) is 11.3. The summed E-state index contributed by atoms with van der Waals surface area (Å²) in [4.78, 5) is 0. The zero-order valence-corrected chi connectivity index (χ0v) is 13.3. The second-order valence-electron chi connectivity index (χ2n) is 5.59. The Balaban J connectivity index is 1.98. The van der Waals surface area contributed by atoms with E-state index < -0.39 is 0 Å². The Kier molecular flexibility index (Phi) is 4.83. The van der Waals surface area contributed by atoms with Crippen molar-refractivity contribution in [2.24, 2.45) is 0 Å². The van der Waals surface area contributed by atoms with Crippen molar-refractivity contribution in [3.8, 4) is 16.9 Å². The van der Waals surface area contributed by atoms with Crippen molar-refractivity contribution in [1.82, 2.24) is 15.0 Å². The van der Waals surface area contributed by atoms with Crippen LogP contribution in [0.25, 0.3) is 16.9 Å². The summed E-state index contributed by atoms with van der Waals surface area (Å²) in [5, 5.41) is 17.9. The molecule has 0 radical (unpaired) electrons. The molecule has 0 fully saturated rings. The predicted molar refractivity (Wildman–Crippen MR) is 91.3 cm³/mol. The molecule has 1 heterocycles. The lowest BCUT2D eigenvalue weighted by Gasteiger charge is -2.09. The van der Waals surface area contributed by atoms with Gasteiger partial charge in [0.25, 0.3) is 0 Å². The fourth-order valence-corrected chi connectivity index (χ4v) is 2.67. The number of hydrogen-bond donors (Lipinski definition) is 1.